The van der Waals surface area contributed by atoms with E-state index in [0.29, 0.717) is 11.8 Å². The molecule has 3 unspecified atom stereocenters. The minimum atomic E-state index is -0.00809. The number of nitrogens with zero attached hydrogens (tertiary/aromatic N) is 2. The van der Waals surface area contributed by atoms with Crippen LogP contribution < -0.4 is 5.32 Å². The number of fused-ring (bicyclic) bond motifs is 2. The molecule has 5 nitrogen and oxygen atoms in total. The number of hydrogen-bond donors (Lipinski definition) is 1. The van der Waals surface area contributed by atoms with E-state index in [1.165, 1.54) is 16.7 Å². The van der Waals surface area contributed by atoms with Gasteiger partial charge < -0.3 is 10.2 Å². The second-order valence-corrected chi connectivity index (χ2v) is 11.8. The smallest absolute Gasteiger partial charge is 0.260 e. The van der Waals surface area contributed by atoms with Crippen molar-refractivity contribution in [1.82, 2.24) is 15.1 Å². The Morgan fingerprint density at radius 1 is 1.14 bits per heavy atom. The molecule has 190 valence electrons. The first-order chi connectivity index (χ1) is 17.5. The molecule has 3 atom stereocenters. The lowest BCUT2D eigenvalue weighted by atomic mass is 9.83. The number of likely N-dealkylation sites (N-methyl/N-ethyl adjacent to an activating group) is 1. The maximum Gasteiger partial charge on any atom is 0.260 e. The van der Waals surface area contributed by atoms with Gasteiger partial charge in [0.1, 0.15) is 0 Å². The first-order valence-electron chi connectivity index (χ1n) is 13.3. The fraction of sp³-hybridized carbons (Fsp3) is 0.467. The van der Waals surface area contributed by atoms with Crippen molar-refractivity contribution in [1.29, 1.82) is 0 Å². The molecule has 1 saturated carbocycles. The fourth-order valence-electron chi connectivity index (χ4n) is 5.85. The Kier molecular flexibility index (Phi) is 7.82. The van der Waals surface area contributed by atoms with Crippen LogP contribution in [-0.2, 0) is 22.6 Å². The third-order valence-electron chi connectivity index (χ3n) is 7.93. The van der Waals surface area contributed by atoms with E-state index in [0.717, 1.165) is 62.2 Å². The van der Waals surface area contributed by atoms with Gasteiger partial charge in [0.05, 0.1) is 4.91 Å². The molecule has 6 heteroatoms. The van der Waals surface area contributed by atoms with Gasteiger partial charge in [0.15, 0.2) is 0 Å². The van der Waals surface area contributed by atoms with Crippen LogP contribution in [0.25, 0.3) is 6.08 Å². The van der Waals surface area contributed by atoms with E-state index in [4.69, 9.17) is 0 Å². The van der Waals surface area contributed by atoms with Crippen LogP contribution in [0.4, 0.5) is 0 Å². The molecule has 2 aromatic rings. The first-order valence-corrected chi connectivity index (χ1v) is 14.1. The van der Waals surface area contributed by atoms with Crippen LogP contribution in [-0.4, -0.2) is 59.6 Å². The van der Waals surface area contributed by atoms with E-state index in [9.17, 15) is 9.59 Å². The van der Waals surface area contributed by atoms with Crippen molar-refractivity contribution in [3.05, 3.63) is 75.7 Å². The molecule has 2 heterocycles. The number of amides is 2. The molecule has 1 aliphatic carbocycles. The predicted octanol–water partition coefficient (Wildman–Crippen LogP) is 4.64. The third kappa shape index (κ3) is 5.70. The summed E-state index contributed by atoms with van der Waals surface area (Å²) in [5, 5.41) is 3.55. The summed E-state index contributed by atoms with van der Waals surface area (Å²) in [6, 6.07) is 17.1. The van der Waals surface area contributed by atoms with Crippen LogP contribution in [0.5, 0.6) is 0 Å². The molecule has 1 N–H and O–H groups in total. The van der Waals surface area contributed by atoms with Gasteiger partial charge in [-0.05, 0) is 61.8 Å². The molecule has 2 aromatic carbocycles. The van der Waals surface area contributed by atoms with Crippen molar-refractivity contribution in [2.45, 2.75) is 56.9 Å². The minimum absolute atomic E-state index is 0.00809. The van der Waals surface area contributed by atoms with E-state index in [2.05, 4.69) is 53.5 Å². The lowest BCUT2D eigenvalue weighted by Gasteiger charge is -2.44. The van der Waals surface area contributed by atoms with Crippen LogP contribution in [0.1, 0.15) is 47.9 Å². The Hall–Kier alpha value is -2.57. The van der Waals surface area contributed by atoms with Gasteiger partial charge in [-0.15, -0.1) is 11.8 Å². The molecule has 5 rings (SSSR count). The van der Waals surface area contributed by atoms with Gasteiger partial charge in [-0.3, -0.25) is 14.5 Å². The highest BCUT2D eigenvalue weighted by Crippen LogP contribution is 2.43. The number of hydrogen-bond acceptors (Lipinski definition) is 4. The average molecular weight is 504 g/mol. The number of thioether (sulfide) groups is 1. The van der Waals surface area contributed by atoms with Crippen LogP contribution >= 0.6 is 11.8 Å². The van der Waals surface area contributed by atoms with Crippen molar-refractivity contribution in [2.75, 3.05) is 26.7 Å². The van der Waals surface area contributed by atoms with Gasteiger partial charge in [0, 0.05) is 50.4 Å². The van der Waals surface area contributed by atoms with Crippen LogP contribution in [0, 0.1) is 12.8 Å². The lowest BCUT2D eigenvalue weighted by Crippen LogP contribution is -2.52. The van der Waals surface area contributed by atoms with Crippen LogP contribution in [0.15, 0.2) is 53.4 Å². The Morgan fingerprint density at radius 3 is 2.81 bits per heavy atom. The number of rotatable bonds is 6. The zero-order valence-corrected chi connectivity index (χ0v) is 22.2. The van der Waals surface area contributed by atoms with E-state index in [1.807, 2.05) is 30.2 Å². The number of aryl methyl sites for hydroxylation is 1. The van der Waals surface area contributed by atoms with Crippen molar-refractivity contribution < 1.29 is 9.59 Å². The fourth-order valence-corrected chi connectivity index (χ4v) is 7.33. The topological polar surface area (TPSA) is 52.7 Å². The van der Waals surface area contributed by atoms with E-state index in [1.54, 1.807) is 11.8 Å². The summed E-state index contributed by atoms with van der Waals surface area (Å²) in [5.74, 6) is 0.225. The molecule has 1 saturated heterocycles. The summed E-state index contributed by atoms with van der Waals surface area (Å²) in [4.78, 5) is 31.3. The zero-order valence-electron chi connectivity index (χ0n) is 21.4. The molecule has 2 fully saturated rings. The molecule has 36 heavy (non-hydrogen) atoms. The molecule has 0 aromatic heterocycles. The predicted molar refractivity (Wildman–Crippen MR) is 147 cm³/mol. The van der Waals surface area contributed by atoms with E-state index in [-0.39, 0.29) is 23.8 Å². The second kappa shape index (κ2) is 11.2. The molecular formula is C30H37N3O2S. The van der Waals surface area contributed by atoms with Crippen molar-refractivity contribution in [3.63, 3.8) is 0 Å². The molecule has 0 radical (unpaired) electrons. The van der Waals surface area contributed by atoms with E-state index < -0.39 is 0 Å². The maximum atomic E-state index is 13.1. The monoisotopic (exact) mass is 503 g/mol. The summed E-state index contributed by atoms with van der Waals surface area (Å²) < 4.78 is 0. The Balaban J connectivity index is 1.09. The molecular weight excluding hydrogens is 466 g/mol. The Morgan fingerprint density at radius 2 is 1.97 bits per heavy atom. The van der Waals surface area contributed by atoms with Gasteiger partial charge in [0.25, 0.3) is 5.91 Å². The van der Waals surface area contributed by atoms with Gasteiger partial charge >= 0.3 is 0 Å². The average Bonchev–Trinajstić information content (AvgIpc) is 2.89. The molecule has 0 bridgehead atoms. The summed E-state index contributed by atoms with van der Waals surface area (Å²) in [5.41, 5.74) is 5.17. The van der Waals surface area contributed by atoms with Crippen molar-refractivity contribution >= 4 is 29.7 Å². The normalized spacial score (nSPS) is 25.4. The molecule has 0 spiro atoms. The number of carbonyl (C=O) groups is 2. The third-order valence-corrected chi connectivity index (χ3v) is 9.33. The number of benzene rings is 2. The quantitative estimate of drug-likeness (QED) is 0.461. The highest BCUT2D eigenvalue weighted by molar-refractivity contribution is 8.04. The molecule has 2 aliphatic heterocycles. The highest BCUT2D eigenvalue weighted by Gasteiger charge is 2.42. The van der Waals surface area contributed by atoms with E-state index >= 15 is 0 Å². The minimum Gasteiger partial charge on any atom is -0.356 e. The van der Waals surface area contributed by atoms with Crippen LogP contribution in [0.2, 0.25) is 0 Å². The molecule has 2 amide bonds. The summed E-state index contributed by atoms with van der Waals surface area (Å²) in [6.07, 6.45) is 6.71. The summed E-state index contributed by atoms with van der Waals surface area (Å²) >= 11 is 1.71. The zero-order chi connectivity index (χ0) is 25.1. The van der Waals surface area contributed by atoms with Crippen molar-refractivity contribution in [2.24, 2.45) is 5.92 Å². The SMILES string of the molecule is Cc1cccc(/C=C2/SC3CCC(C(=O)NCCCN4CCc5ccccc5C4)CC3N(C)C2=O)c1. The summed E-state index contributed by atoms with van der Waals surface area (Å²) in [6.45, 7) is 5.89. The Labute approximate surface area is 219 Å². The number of nitrogens with one attached hydrogen (secondary N) is 1. The van der Waals surface area contributed by atoms with Gasteiger partial charge in [-0.1, -0.05) is 54.1 Å². The summed E-state index contributed by atoms with van der Waals surface area (Å²) in [7, 11) is 1.90. The van der Waals surface area contributed by atoms with Gasteiger partial charge in [0.2, 0.25) is 5.91 Å². The highest BCUT2D eigenvalue weighted by atomic mass is 32.2. The van der Waals surface area contributed by atoms with Crippen LogP contribution in [0.3, 0.4) is 0 Å². The standard InChI is InChI=1S/C30H37N3O2S/c1-21-7-5-8-22(17-21)18-28-30(35)32(2)26-19-24(11-12-27(26)36-28)29(34)31-14-6-15-33-16-13-23-9-3-4-10-25(23)20-33/h3-5,7-10,17-18,24,26-27H,6,11-16,19-20H2,1-2H3,(H,31,34)/b28-18+. The first kappa shape index (κ1) is 25.1. The van der Waals surface area contributed by atoms with Crippen molar-refractivity contribution in [3.8, 4) is 0 Å². The maximum absolute atomic E-state index is 13.1. The Bertz CT molecular complexity index is 1150. The second-order valence-electron chi connectivity index (χ2n) is 10.5. The molecule has 3 aliphatic rings. The lowest BCUT2D eigenvalue weighted by molar-refractivity contribution is -0.131. The van der Waals surface area contributed by atoms with Gasteiger partial charge in [-0.25, -0.2) is 0 Å². The van der Waals surface area contributed by atoms with Gasteiger partial charge in [-0.2, -0.15) is 0 Å². The largest absolute Gasteiger partial charge is 0.356 e. The number of carbonyl (C=O) groups excluding carboxylic acids is 2.